The monoisotopic (exact) mass is 628 g/mol. The standard InChI is InChI=1S/C46H28OS/c1-2-4-18-35(34-24-13-15-29-14-5-6-17-31(29)34)36-20-8-7-19-33(36)32(16-3-1)30-26-27-41-40(28-30)43-37-21-9-10-22-38(37)46-44(45(43)47-41)39-23-11-12-25-42(39)48-46/h1-28H. The fourth-order valence-corrected chi connectivity index (χ4v) is 8.82. The van der Waals surface area contributed by atoms with Crippen LogP contribution >= 0.6 is 11.3 Å². The molecular weight excluding hydrogens is 601 g/mol. The molecule has 0 saturated heterocycles. The molecule has 0 atom stereocenters. The van der Waals surface area contributed by atoms with E-state index in [0.29, 0.717) is 0 Å². The minimum atomic E-state index is 0.908. The van der Waals surface area contributed by atoms with Gasteiger partial charge in [0, 0.05) is 36.3 Å². The first-order valence-corrected chi connectivity index (χ1v) is 17.2. The number of furan rings is 1. The second-order valence-electron chi connectivity index (χ2n) is 12.4. The van der Waals surface area contributed by atoms with Crippen LogP contribution in [0, 0.1) is 0 Å². The molecule has 2 heterocycles. The molecule has 0 unspecified atom stereocenters. The molecule has 224 valence electrons. The highest BCUT2D eigenvalue weighted by atomic mass is 32.1. The van der Waals surface area contributed by atoms with Crippen molar-refractivity contribution in [3.8, 4) is 22.3 Å². The van der Waals surface area contributed by atoms with E-state index in [0.717, 1.165) is 22.1 Å². The highest BCUT2D eigenvalue weighted by Crippen LogP contribution is 2.47. The van der Waals surface area contributed by atoms with Crippen LogP contribution in [-0.2, 0) is 0 Å². The van der Waals surface area contributed by atoms with E-state index in [-0.39, 0.29) is 0 Å². The smallest absolute Gasteiger partial charge is 0.145 e. The first-order valence-electron chi connectivity index (χ1n) is 16.4. The van der Waals surface area contributed by atoms with E-state index in [2.05, 4.69) is 170 Å². The van der Waals surface area contributed by atoms with Gasteiger partial charge in [-0.2, -0.15) is 0 Å². The normalized spacial score (nSPS) is 11.8. The minimum Gasteiger partial charge on any atom is -0.455 e. The van der Waals surface area contributed by atoms with Crippen LogP contribution in [0.3, 0.4) is 0 Å². The van der Waals surface area contributed by atoms with E-state index in [1.165, 1.54) is 74.6 Å². The van der Waals surface area contributed by atoms with Crippen LogP contribution in [-0.4, -0.2) is 0 Å². The summed E-state index contributed by atoms with van der Waals surface area (Å²) < 4.78 is 9.37. The minimum absolute atomic E-state index is 0.908. The van der Waals surface area contributed by atoms with Gasteiger partial charge in [0.1, 0.15) is 11.2 Å². The van der Waals surface area contributed by atoms with Gasteiger partial charge in [-0.1, -0.05) is 152 Å². The Balaban J connectivity index is 1.31. The predicted octanol–water partition coefficient (Wildman–Crippen LogP) is 13.9. The second-order valence-corrected chi connectivity index (χ2v) is 13.4. The molecule has 2 aromatic heterocycles. The fourth-order valence-electron chi connectivity index (χ4n) is 7.58. The maximum absolute atomic E-state index is 6.80. The van der Waals surface area contributed by atoms with Crippen molar-refractivity contribution >= 4 is 85.8 Å². The number of hydrogen-bond acceptors (Lipinski definition) is 2. The lowest BCUT2D eigenvalue weighted by Gasteiger charge is -2.11. The number of rotatable bonds is 2. The SMILES string of the molecule is c1cccc(-c2cccc3ccccc23)c2ccccc2c(-c2ccc3oc4c(c3c2)c2ccccc2c2sc3ccccc3c42)cc1. The molecule has 0 bridgehead atoms. The first-order chi connectivity index (χ1) is 23.8. The zero-order chi connectivity index (χ0) is 31.6. The Bertz CT molecular complexity index is 2950. The van der Waals surface area contributed by atoms with Gasteiger partial charge in [-0.3, -0.25) is 0 Å². The van der Waals surface area contributed by atoms with E-state index in [9.17, 15) is 0 Å². The molecule has 0 aliphatic heterocycles. The molecule has 10 rings (SSSR count). The summed E-state index contributed by atoms with van der Waals surface area (Å²) in [5.74, 6) is 0. The first kappa shape index (κ1) is 27.2. The van der Waals surface area contributed by atoms with Crippen LogP contribution < -0.4 is 0 Å². The summed E-state index contributed by atoms with van der Waals surface area (Å²) >= 11 is 1.85. The lowest BCUT2D eigenvalue weighted by molar-refractivity contribution is 0.673. The lowest BCUT2D eigenvalue weighted by atomic mass is 9.92. The lowest BCUT2D eigenvalue weighted by Crippen LogP contribution is -1.85. The average molecular weight is 629 g/mol. The van der Waals surface area contributed by atoms with Gasteiger partial charge in [0.2, 0.25) is 0 Å². The molecule has 2 heteroatoms. The predicted molar refractivity (Wildman–Crippen MR) is 208 cm³/mol. The van der Waals surface area contributed by atoms with E-state index >= 15 is 0 Å². The Kier molecular flexibility index (Phi) is 6.12. The zero-order valence-corrected chi connectivity index (χ0v) is 26.8. The molecule has 10 aromatic rings. The summed E-state index contributed by atoms with van der Waals surface area (Å²) in [5, 5.41) is 12.2. The maximum atomic E-state index is 6.80. The Morgan fingerprint density at radius 3 is 1.79 bits per heavy atom. The molecule has 0 amide bonds. The van der Waals surface area contributed by atoms with Crippen molar-refractivity contribution in [3.63, 3.8) is 0 Å². The van der Waals surface area contributed by atoms with Crippen LogP contribution in [0.25, 0.3) is 96.7 Å². The van der Waals surface area contributed by atoms with Gasteiger partial charge in [-0.15, -0.1) is 11.3 Å². The second kappa shape index (κ2) is 10.8. The quantitative estimate of drug-likeness (QED) is 0.186. The van der Waals surface area contributed by atoms with Gasteiger partial charge in [0.15, 0.2) is 0 Å². The fraction of sp³-hybridized carbons (Fsp3) is 0. The van der Waals surface area contributed by atoms with E-state index < -0.39 is 0 Å². The summed E-state index contributed by atoms with van der Waals surface area (Å²) in [7, 11) is 0. The molecule has 0 radical (unpaired) electrons. The number of hydrogen-bond donors (Lipinski definition) is 0. The molecule has 8 aromatic carbocycles. The molecular formula is C46H28OS. The Morgan fingerprint density at radius 2 is 0.958 bits per heavy atom. The molecule has 0 spiro atoms. The number of thiophene rings is 1. The Morgan fingerprint density at radius 1 is 0.375 bits per heavy atom. The van der Waals surface area contributed by atoms with Gasteiger partial charge in [0.25, 0.3) is 0 Å². The molecule has 0 N–H and O–H groups in total. The molecule has 0 fully saturated rings. The summed E-state index contributed by atoms with van der Waals surface area (Å²) in [5.41, 5.74) is 6.63. The van der Waals surface area contributed by atoms with Crippen LogP contribution in [0.5, 0.6) is 0 Å². The topological polar surface area (TPSA) is 13.1 Å². The van der Waals surface area contributed by atoms with Gasteiger partial charge in [-0.05, 0) is 67.4 Å². The Labute approximate surface area is 281 Å². The Hall–Kier alpha value is -5.96. The van der Waals surface area contributed by atoms with Gasteiger partial charge >= 0.3 is 0 Å². The maximum Gasteiger partial charge on any atom is 0.145 e. The largest absolute Gasteiger partial charge is 0.455 e. The third-order valence-electron chi connectivity index (χ3n) is 9.71. The molecule has 0 saturated carbocycles. The van der Waals surface area contributed by atoms with Crippen molar-refractivity contribution < 1.29 is 4.42 Å². The van der Waals surface area contributed by atoms with Crippen LogP contribution in [0.4, 0.5) is 0 Å². The number of fused-ring (bicyclic) bond motifs is 12. The van der Waals surface area contributed by atoms with Crippen molar-refractivity contribution in [2.75, 3.05) is 0 Å². The highest BCUT2D eigenvalue weighted by molar-refractivity contribution is 7.27. The third-order valence-corrected chi connectivity index (χ3v) is 10.9. The van der Waals surface area contributed by atoms with Crippen molar-refractivity contribution in [1.82, 2.24) is 0 Å². The molecule has 1 nitrogen and oxygen atoms in total. The van der Waals surface area contributed by atoms with E-state index in [1.54, 1.807) is 0 Å². The van der Waals surface area contributed by atoms with Crippen molar-refractivity contribution in [1.29, 1.82) is 0 Å². The molecule has 0 aliphatic rings. The average Bonchev–Trinajstić information content (AvgIpc) is 3.72. The van der Waals surface area contributed by atoms with Gasteiger partial charge in [0.05, 0.1) is 0 Å². The van der Waals surface area contributed by atoms with Gasteiger partial charge < -0.3 is 4.42 Å². The van der Waals surface area contributed by atoms with Crippen molar-refractivity contribution in [2.45, 2.75) is 0 Å². The third kappa shape index (κ3) is 4.10. The van der Waals surface area contributed by atoms with Crippen molar-refractivity contribution in [2.24, 2.45) is 0 Å². The summed E-state index contributed by atoms with van der Waals surface area (Å²) in [4.78, 5) is 0. The summed E-state index contributed by atoms with van der Waals surface area (Å²) in [6, 6.07) is 61.3. The van der Waals surface area contributed by atoms with Crippen molar-refractivity contribution in [3.05, 3.63) is 170 Å². The molecule has 0 aliphatic carbocycles. The van der Waals surface area contributed by atoms with Crippen LogP contribution in [0.2, 0.25) is 0 Å². The number of benzene rings is 7. The molecule has 48 heavy (non-hydrogen) atoms. The van der Waals surface area contributed by atoms with E-state index in [1.807, 2.05) is 11.3 Å². The van der Waals surface area contributed by atoms with E-state index in [4.69, 9.17) is 4.42 Å². The highest BCUT2D eigenvalue weighted by Gasteiger charge is 2.20. The van der Waals surface area contributed by atoms with Gasteiger partial charge in [-0.25, -0.2) is 0 Å². The summed E-state index contributed by atoms with van der Waals surface area (Å²) in [6.07, 6.45) is 0. The summed E-state index contributed by atoms with van der Waals surface area (Å²) in [6.45, 7) is 0. The zero-order valence-electron chi connectivity index (χ0n) is 26.0. The van der Waals surface area contributed by atoms with Crippen LogP contribution in [0.1, 0.15) is 0 Å². The van der Waals surface area contributed by atoms with Crippen LogP contribution in [0.15, 0.2) is 174 Å².